The molecular formula is C8H14N4O2. The van der Waals surface area contributed by atoms with Crippen LogP contribution in [0.15, 0.2) is 0 Å². The van der Waals surface area contributed by atoms with E-state index < -0.39 is 5.97 Å². The lowest BCUT2D eigenvalue weighted by molar-refractivity contribution is 0.0511. The second-order valence-electron chi connectivity index (χ2n) is 3.79. The molecule has 78 valence electrons. The van der Waals surface area contributed by atoms with E-state index in [9.17, 15) is 4.79 Å². The van der Waals surface area contributed by atoms with Crippen LogP contribution in [0.5, 0.6) is 0 Å². The second-order valence-corrected chi connectivity index (χ2v) is 3.79. The molecule has 0 saturated heterocycles. The van der Waals surface area contributed by atoms with Crippen molar-refractivity contribution in [1.29, 1.82) is 0 Å². The molecule has 0 aliphatic rings. The molecule has 0 amide bonds. The fraction of sp³-hybridized carbons (Fsp3) is 0.750. The third-order valence-corrected chi connectivity index (χ3v) is 1.47. The Morgan fingerprint density at radius 2 is 2.14 bits per heavy atom. The molecule has 14 heavy (non-hydrogen) atoms. The van der Waals surface area contributed by atoms with Gasteiger partial charge in [0.15, 0.2) is 0 Å². The van der Waals surface area contributed by atoms with Crippen LogP contribution in [0.4, 0.5) is 0 Å². The van der Waals surface area contributed by atoms with E-state index >= 15 is 0 Å². The number of rotatable bonds is 2. The van der Waals surface area contributed by atoms with E-state index in [1.165, 1.54) is 4.80 Å². The maximum Gasteiger partial charge on any atom is 0.380 e. The van der Waals surface area contributed by atoms with Gasteiger partial charge in [0, 0.05) is 0 Å². The van der Waals surface area contributed by atoms with Gasteiger partial charge >= 0.3 is 5.97 Å². The van der Waals surface area contributed by atoms with Gasteiger partial charge in [-0.25, -0.2) is 4.79 Å². The van der Waals surface area contributed by atoms with Gasteiger partial charge in [-0.2, -0.15) is 4.80 Å². The standard InChI is InChI=1S/C8H14N4O2/c1-5-14-7(13)6-9-11-12(10-6)8(2,3)4/h5H2,1-4H3. The maximum atomic E-state index is 11.2. The Labute approximate surface area is 82.2 Å². The molecule has 0 fully saturated rings. The number of aromatic nitrogens is 4. The summed E-state index contributed by atoms with van der Waals surface area (Å²) in [6.07, 6.45) is 0. The lowest BCUT2D eigenvalue weighted by Crippen LogP contribution is -2.25. The average Bonchev–Trinajstić information content (AvgIpc) is 2.51. The zero-order valence-corrected chi connectivity index (χ0v) is 8.81. The summed E-state index contributed by atoms with van der Waals surface area (Å²) in [4.78, 5) is 12.6. The molecule has 0 unspecified atom stereocenters. The monoisotopic (exact) mass is 198 g/mol. The normalized spacial score (nSPS) is 11.4. The summed E-state index contributed by atoms with van der Waals surface area (Å²) in [5.74, 6) is -0.537. The summed E-state index contributed by atoms with van der Waals surface area (Å²) in [5.41, 5.74) is -0.280. The van der Waals surface area contributed by atoms with Gasteiger partial charge in [-0.05, 0) is 32.9 Å². The van der Waals surface area contributed by atoms with E-state index in [2.05, 4.69) is 15.4 Å². The lowest BCUT2D eigenvalue weighted by atomic mass is 10.1. The van der Waals surface area contributed by atoms with E-state index in [0.29, 0.717) is 6.61 Å². The van der Waals surface area contributed by atoms with E-state index in [0.717, 1.165) is 0 Å². The summed E-state index contributed by atoms with van der Waals surface area (Å²) < 4.78 is 4.74. The van der Waals surface area contributed by atoms with E-state index in [1.54, 1.807) is 6.92 Å². The summed E-state index contributed by atoms with van der Waals surface area (Å²) in [6, 6.07) is 0. The van der Waals surface area contributed by atoms with Crippen molar-refractivity contribution in [3.8, 4) is 0 Å². The molecule has 1 heterocycles. The molecule has 6 heteroatoms. The number of nitrogens with zero attached hydrogens (tertiary/aromatic N) is 4. The number of tetrazole rings is 1. The molecule has 0 N–H and O–H groups in total. The molecule has 1 aromatic rings. The van der Waals surface area contributed by atoms with Crippen molar-refractivity contribution in [2.45, 2.75) is 33.2 Å². The second kappa shape index (κ2) is 3.73. The predicted molar refractivity (Wildman–Crippen MR) is 48.8 cm³/mol. The Hall–Kier alpha value is -1.46. The topological polar surface area (TPSA) is 69.9 Å². The minimum absolute atomic E-state index is 0.00164. The van der Waals surface area contributed by atoms with Crippen molar-refractivity contribution >= 4 is 5.97 Å². The van der Waals surface area contributed by atoms with Crippen LogP contribution in [0.3, 0.4) is 0 Å². The first-order chi connectivity index (χ1) is 6.45. The van der Waals surface area contributed by atoms with Crippen LogP contribution in [0, 0.1) is 0 Å². The number of hydrogen-bond donors (Lipinski definition) is 0. The number of hydrogen-bond acceptors (Lipinski definition) is 5. The average molecular weight is 198 g/mol. The minimum Gasteiger partial charge on any atom is -0.460 e. The van der Waals surface area contributed by atoms with Crippen molar-refractivity contribution in [2.24, 2.45) is 0 Å². The highest BCUT2D eigenvalue weighted by molar-refractivity contribution is 5.84. The van der Waals surface area contributed by atoms with Crippen molar-refractivity contribution in [1.82, 2.24) is 20.2 Å². The number of esters is 1. The minimum atomic E-state index is -0.539. The molecule has 0 bridgehead atoms. The summed E-state index contributed by atoms with van der Waals surface area (Å²) in [6.45, 7) is 7.80. The van der Waals surface area contributed by atoms with Gasteiger partial charge in [-0.15, -0.1) is 10.2 Å². The molecule has 0 spiro atoms. The van der Waals surface area contributed by atoms with Gasteiger partial charge in [0.1, 0.15) is 0 Å². The smallest absolute Gasteiger partial charge is 0.380 e. The largest absolute Gasteiger partial charge is 0.460 e. The van der Waals surface area contributed by atoms with Crippen molar-refractivity contribution < 1.29 is 9.53 Å². The molecular weight excluding hydrogens is 184 g/mol. The molecule has 0 aliphatic heterocycles. The molecule has 0 aromatic carbocycles. The van der Waals surface area contributed by atoms with Crippen LogP contribution < -0.4 is 0 Å². The number of carbonyl (C=O) groups is 1. The van der Waals surface area contributed by atoms with Gasteiger partial charge in [0.05, 0.1) is 12.1 Å². The number of ether oxygens (including phenoxy) is 1. The van der Waals surface area contributed by atoms with E-state index in [1.807, 2.05) is 20.8 Å². The van der Waals surface area contributed by atoms with Crippen molar-refractivity contribution in [2.75, 3.05) is 6.61 Å². The van der Waals surface area contributed by atoms with Crippen LogP contribution in [0.25, 0.3) is 0 Å². The van der Waals surface area contributed by atoms with Crippen LogP contribution in [0.1, 0.15) is 38.3 Å². The first-order valence-corrected chi connectivity index (χ1v) is 4.42. The van der Waals surface area contributed by atoms with Crippen LogP contribution >= 0.6 is 0 Å². The SMILES string of the molecule is CCOC(=O)c1nnn(C(C)(C)C)n1. The van der Waals surface area contributed by atoms with Gasteiger partial charge in [-0.1, -0.05) is 0 Å². The van der Waals surface area contributed by atoms with Crippen molar-refractivity contribution in [3.05, 3.63) is 5.82 Å². The number of carbonyl (C=O) groups excluding carboxylic acids is 1. The summed E-state index contributed by atoms with van der Waals surface area (Å²) in [5, 5.41) is 11.3. The fourth-order valence-corrected chi connectivity index (χ4v) is 0.776. The highest BCUT2D eigenvalue weighted by Crippen LogP contribution is 2.09. The molecule has 0 atom stereocenters. The molecule has 1 rings (SSSR count). The highest BCUT2D eigenvalue weighted by atomic mass is 16.5. The van der Waals surface area contributed by atoms with Crippen molar-refractivity contribution in [3.63, 3.8) is 0 Å². The first kappa shape index (κ1) is 10.6. The Morgan fingerprint density at radius 1 is 1.50 bits per heavy atom. The van der Waals surface area contributed by atoms with E-state index in [4.69, 9.17) is 4.74 Å². The van der Waals surface area contributed by atoms with Gasteiger partial charge in [0.25, 0.3) is 5.82 Å². The Kier molecular flexibility index (Phi) is 2.83. The molecule has 0 aliphatic carbocycles. The zero-order chi connectivity index (χ0) is 10.8. The van der Waals surface area contributed by atoms with Gasteiger partial charge in [0.2, 0.25) is 0 Å². The lowest BCUT2D eigenvalue weighted by Gasteiger charge is -2.15. The van der Waals surface area contributed by atoms with Crippen LogP contribution in [-0.2, 0) is 10.3 Å². The van der Waals surface area contributed by atoms with Crippen LogP contribution in [-0.4, -0.2) is 32.8 Å². The van der Waals surface area contributed by atoms with Crippen LogP contribution in [0.2, 0.25) is 0 Å². The zero-order valence-electron chi connectivity index (χ0n) is 8.81. The Bertz CT molecular complexity index is 326. The third-order valence-electron chi connectivity index (χ3n) is 1.47. The molecule has 0 radical (unpaired) electrons. The fourth-order valence-electron chi connectivity index (χ4n) is 0.776. The summed E-state index contributed by atoms with van der Waals surface area (Å²) >= 11 is 0. The Balaban J connectivity index is 2.83. The van der Waals surface area contributed by atoms with Gasteiger partial charge < -0.3 is 4.74 Å². The highest BCUT2D eigenvalue weighted by Gasteiger charge is 2.20. The van der Waals surface area contributed by atoms with E-state index in [-0.39, 0.29) is 11.4 Å². The Morgan fingerprint density at radius 3 is 2.57 bits per heavy atom. The van der Waals surface area contributed by atoms with Gasteiger partial charge in [-0.3, -0.25) is 0 Å². The molecule has 6 nitrogen and oxygen atoms in total. The predicted octanol–water partition coefficient (Wildman–Crippen LogP) is 0.605. The third kappa shape index (κ3) is 2.27. The quantitative estimate of drug-likeness (QED) is 0.651. The maximum absolute atomic E-state index is 11.2. The molecule has 1 aromatic heterocycles. The summed E-state index contributed by atoms with van der Waals surface area (Å²) in [7, 11) is 0. The molecule has 0 saturated carbocycles. The first-order valence-electron chi connectivity index (χ1n) is 4.42.